The van der Waals surface area contributed by atoms with E-state index in [0.29, 0.717) is 0 Å². The molecule has 14 nitrogen and oxygen atoms in total. The summed E-state index contributed by atoms with van der Waals surface area (Å²) < 4.78 is 13.2. The van der Waals surface area contributed by atoms with Crippen molar-refractivity contribution in [2.45, 2.75) is 48.7 Å². The molecule has 0 radical (unpaired) electrons. The molecular formula is C18H22N4O10. The molecule has 0 spiro atoms. The topological polar surface area (TPSA) is 209 Å². The molecule has 0 aromatic carbocycles. The van der Waals surface area contributed by atoms with Crippen molar-refractivity contribution < 1.29 is 29.9 Å². The summed E-state index contributed by atoms with van der Waals surface area (Å²) in [5.74, 6) is 0. The highest BCUT2D eigenvalue weighted by atomic mass is 16.6. The zero-order valence-corrected chi connectivity index (χ0v) is 16.6. The van der Waals surface area contributed by atoms with E-state index in [-0.39, 0.29) is 6.42 Å². The third-order valence-corrected chi connectivity index (χ3v) is 5.96. The number of aliphatic hydroxyl groups excluding tert-OH is 3. The third kappa shape index (κ3) is 3.19. The molecule has 2 aliphatic heterocycles. The van der Waals surface area contributed by atoms with E-state index < -0.39 is 78.0 Å². The molecule has 2 aromatic rings. The van der Waals surface area contributed by atoms with Crippen LogP contribution in [0.2, 0.25) is 0 Å². The Morgan fingerprint density at radius 2 is 1.69 bits per heavy atom. The van der Waals surface area contributed by atoms with Gasteiger partial charge in [0.15, 0.2) is 0 Å². The lowest BCUT2D eigenvalue weighted by molar-refractivity contribution is -0.274. The summed E-state index contributed by atoms with van der Waals surface area (Å²) in [5, 5.41) is 42.4. The fourth-order valence-corrected chi connectivity index (χ4v) is 4.53. The number of rotatable bonds is 5. The normalized spacial score (nSPS) is 34.8. The zero-order chi connectivity index (χ0) is 23.3. The second-order valence-corrected chi connectivity index (χ2v) is 7.76. The molecule has 0 bridgehead atoms. The molecule has 174 valence electrons. The molecule has 2 fully saturated rings. The Bertz CT molecular complexity index is 1230. The largest absolute Gasteiger partial charge is 0.394 e. The molecule has 2 aliphatic rings. The van der Waals surface area contributed by atoms with Gasteiger partial charge in [0.2, 0.25) is 5.72 Å². The quantitative estimate of drug-likeness (QED) is 0.257. The number of nitrogens with one attached hydrogen (secondary N) is 2. The molecule has 0 amide bonds. The van der Waals surface area contributed by atoms with Crippen LogP contribution in [-0.2, 0) is 15.2 Å². The highest BCUT2D eigenvalue weighted by Gasteiger charge is 2.69. The van der Waals surface area contributed by atoms with E-state index in [9.17, 15) is 39.6 Å². The first kappa shape index (κ1) is 22.3. The lowest BCUT2D eigenvalue weighted by Crippen LogP contribution is -2.67. The Labute approximate surface area is 177 Å². The van der Waals surface area contributed by atoms with E-state index in [0.717, 1.165) is 33.7 Å². The minimum atomic E-state index is -2.33. The van der Waals surface area contributed by atoms with Crippen molar-refractivity contribution in [3.8, 4) is 0 Å². The summed E-state index contributed by atoms with van der Waals surface area (Å²) in [7, 11) is 0. The van der Waals surface area contributed by atoms with Crippen LogP contribution in [0, 0.1) is 0 Å². The summed E-state index contributed by atoms with van der Waals surface area (Å²) in [6.45, 7) is -1.36. The van der Waals surface area contributed by atoms with Crippen LogP contribution in [-0.4, -0.2) is 76.7 Å². The van der Waals surface area contributed by atoms with Crippen LogP contribution in [0.5, 0.6) is 0 Å². The fraction of sp³-hybridized carbons (Fsp3) is 0.556. The molecule has 0 unspecified atom stereocenters. The van der Waals surface area contributed by atoms with Gasteiger partial charge in [-0.1, -0.05) is 0 Å². The number of ether oxygens (including phenoxy) is 2. The molecule has 6 N–H and O–H groups in total. The van der Waals surface area contributed by atoms with Gasteiger partial charge in [-0.15, -0.1) is 0 Å². The average Bonchev–Trinajstić information content (AvgIpc) is 3.26. The van der Waals surface area contributed by atoms with Gasteiger partial charge in [-0.25, -0.2) is 9.59 Å². The third-order valence-electron chi connectivity index (χ3n) is 5.96. The molecule has 0 aliphatic carbocycles. The van der Waals surface area contributed by atoms with Gasteiger partial charge >= 0.3 is 11.4 Å². The zero-order valence-electron chi connectivity index (χ0n) is 16.6. The van der Waals surface area contributed by atoms with Gasteiger partial charge in [0.05, 0.1) is 19.3 Å². The summed E-state index contributed by atoms with van der Waals surface area (Å²) in [4.78, 5) is 51.9. The van der Waals surface area contributed by atoms with Crippen LogP contribution in [0.25, 0.3) is 0 Å². The Hall–Kier alpha value is -2.88. The number of aromatic nitrogens is 4. The van der Waals surface area contributed by atoms with E-state index in [4.69, 9.17) is 9.47 Å². The Balaban J connectivity index is 1.89. The average molecular weight is 454 g/mol. The van der Waals surface area contributed by atoms with E-state index in [1.165, 1.54) is 0 Å². The molecular weight excluding hydrogens is 432 g/mol. The number of H-pyrrole nitrogens is 2. The summed E-state index contributed by atoms with van der Waals surface area (Å²) in [6, 6.07) is 2.03. The monoisotopic (exact) mass is 454 g/mol. The SMILES string of the molecule is O=c1ccn([C@H]2C[C@@](O)([C@@]3(n4ccc(=O)[nH]c4=O)O[C@H](CO)C[C@H]3O)[C@@H](CO)O2)c(=O)[nH]1. The van der Waals surface area contributed by atoms with Gasteiger partial charge < -0.3 is 29.9 Å². The summed E-state index contributed by atoms with van der Waals surface area (Å²) in [5.41, 5.74) is -7.89. The van der Waals surface area contributed by atoms with Gasteiger partial charge in [-0.05, 0) is 0 Å². The van der Waals surface area contributed by atoms with Crippen LogP contribution in [0.1, 0.15) is 19.1 Å². The Morgan fingerprint density at radius 1 is 1.03 bits per heavy atom. The van der Waals surface area contributed by atoms with Crippen LogP contribution >= 0.6 is 0 Å². The maximum atomic E-state index is 12.7. The Kier molecular flexibility index (Phi) is 5.52. The number of nitrogens with zero attached hydrogens (tertiary/aromatic N) is 2. The van der Waals surface area contributed by atoms with Crippen LogP contribution in [0.15, 0.2) is 43.7 Å². The second kappa shape index (κ2) is 7.91. The summed E-state index contributed by atoms with van der Waals surface area (Å²) in [6.07, 6.45) is -3.79. The smallest absolute Gasteiger partial charge is 0.330 e. The van der Waals surface area contributed by atoms with Crippen LogP contribution in [0.3, 0.4) is 0 Å². The molecule has 4 rings (SSSR count). The summed E-state index contributed by atoms with van der Waals surface area (Å²) >= 11 is 0. The van der Waals surface area contributed by atoms with E-state index in [1.54, 1.807) is 0 Å². The molecule has 0 saturated carbocycles. The number of aliphatic hydroxyl groups is 4. The minimum absolute atomic E-state index is 0.189. The van der Waals surface area contributed by atoms with Gasteiger partial charge in [0.25, 0.3) is 11.1 Å². The first-order valence-corrected chi connectivity index (χ1v) is 9.75. The van der Waals surface area contributed by atoms with Gasteiger partial charge in [0, 0.05) is 37.4 Å². The van der Waals surface area contributed by atoms with E-state index >= 15 is 0 Å². The fourth-order valence-electron chi connectivity index (χ4n) is 4.53. The molecule has 32 heavy (non-hydrogen) atoms. The lowest BCUT2D eigenvalue weighted by Gasteiger charge is -2.46. The van der Waals surface area contributed by atoms with Crippen molar-refractivity contribution in [1.82, 2.24) is 19.1 Å². The molecule has 2 saturated heterocycles. The highest BCUT2D eigenvalue weighted by molar-refractivity contribution is 5.14. The lowest BCUT2D eigenvalue weighted by atomic mass is 9.79. The van der Waals surface area contributed by atoms with Crippen molar-refractivity contribution in [2.24, 2.45) is 0 Å². The van der Waals surface area contributed by atoms with Crippen molar-refractivity contribution in [3.05, 3.63) is 66.2 Å². The second-order valence-electron chi connectivity index (χ2n) is 7.76. The Morgan fingerprint density at radius 3 is 2.25 bits per heavy atom. The molecule has 4 heterocycles. The maximum absolute atomic E-state index is 12.7. The molecule has 2 aromatic heterocycles. The van der Waals surface area contributed by atoms with E-state index in [1.807, 2.05) is 9.97 Å². The van der Waals surface area contributed by atoms with E-state index in [2.05, 4.69) is 0 Å². The predicted molar refractivity (Wildman–Crippen MR) is 104 cm³/mol. The van der Waals surface area contributed by atoms with Gasteiger partial charge in [-0.3, -0.25) is 28.7 Å². The maximum Gasteiger partial charge on any atom is 0.330 e. The van der Waals surface area contributed by atoms with Crippen molar-refractivity contribution in [3.63, 3.8) is 0 Å². The van der Waals surface area contributed by atoms with Crippen molar-refractivity contribution in [1.29, 1.82) is 0 Å². The minimum Gasteiger partial charge on any atom is -0.394 e. The standard InChI is InChI=1S/C18H22N4O10/c23-7-9-5-10(25)18(32-9,22-4-2-13(27)20-16(22)29)17(30)6-14(31-11(17)8-24)21-3-1-12(26)19-15(21)28/h1-4,9-11,14,23-25,30H,5-8H2,(H,19,26,28)(H,20,27,29)/t9-,10+,11+,14+,17-,18-/m0/s1. The first-order valence-electron chi connectivity index (χ1n) is 9.75. The molecule has 14 heteroatoms. The highest BCUT2D eigenvalue weighted by Crippen LogP contribution is 2.52. The first-order chi connectivity index (χ1) is 15.2. The van der Waals surface area contributed by atoms with Crippen molar-refractivity contribution in [2.75, 3.05) is 13.2 Å². The number of hydrogen-bond donors (Lipinski definition) is 6. The predicted octanol–water partition coefficient (Wildman–Crippen LogP) is -4.11. The molecule has 6 atom stereocenters. The van der Waals surface area contributed by atoms with Crippen LogP contribution < -0.4 is 22.5 Å². The number of aromatic amines is 2. The van der Waals surface area contributed by atoms with Crippen molar-refractivity contribution >= 4 is 0 Å². The number of hydrogen-bond acceptors (Lipinski definition) is 10. The van der Waals surface area contributed by atoms with Crippen LogP contribution in [0.4, 0.5) is 0 Å². The van der Waals surface area contributed by atoms with Gasteiger partial charge in [0.1, 0.15) is 24.0 Å². The van der Waals surface area contributed by atoms with Gasteiger partial charge in [-0.2, -0.15) is 0 Å².